The van der Waals surface area contributed by atoms with E-state index in [0.717, 1.165) is 24.0 Å². The molecule has 0 radical (unpaired) electrons. The largest absolute Gasteiger partial charge is 0.0978 e. The Hall–Kier alpha value is -3.74. The summed E-state index contributed by atoms with van der Waals surface area (Å²) in [6, 6.07) is 26.7. The van der Waals surface area contributed by atoms with E-state index in [1.165, 1.54) is 94.5 Å². The summed E-state index contributed by atoms with van der Waals surface area (Å²) in [5.74, 6) is 14.4. The quantitative estimate of drug-likeness (QED) is 0.114. The second kappa shape index (κ2) is 12.7. The highest BCUT2D eigenvalue weighted by atomic mass is 14.2. The molecule has 0 aliphatic carbocycles. The first kappa shape index (κ1) is 25.9. The van der Waals surface area contributed by atoms with E-state index in [1.807, 2.05) is 0 Å². The van der Waals surface area contributed by atoms with E-state index < -0.39 is 0 Å². The van der Waals surface area contributed by atoms with Crippen LogP contribution in [0.4, 0.5) is 0 Å². The summed E-state index contributed by atoms with van der Waals surface area (Å²) >= 11 is 0. The molecule has 0 fully saturated rings. The highest BCUT2D eigenvalue weighted by Gasteiger charge is 2.14. The van der Waals surface area contributed by atoms with E-state index in [2.05, 4.69) is 110 Å². The zero-order valence-corrected chi connectivity index (χ0v) is 23.0. The van der Waals surface area contributed by atoms with Crippen molar-refractivity contribution in [3.05, 3.63) is 83.9 Å². The van der Waals surface area contributed by atoms with Gasteiger partial charge in [0.25, 0.3) is 0 Å². The maximum Gasteiger partial charge on any atom is 0.0403 e. The number of rotatable bonds is 8. The minimum absolute atomic E-state index is 0.948. The van der Waals surface area contributed by atoms with Crippen LogP contribution in [-0.4, -0.2) is 0 Å². The van der Waals surface area contributed by atoms with Gasteiger partial charge in [0.1, 0.15) is 0 Å². The van der Waals surface area contributed by atoms with Crippen LogP contribution in [0.1, 0.15) is 89.2 Å². The summed E-state index contributed by atoms with van der Waals surface area (Å²) in [6.07, 6.45) is 11.8. The van der Waals surface area contributed by atoms with Crippen molar-refractivity contribution < 1.29 is 0 Å². The first-order valence-corrected chi connectivity index (χ1v) is 14.6. The van der Waals surface area contributed by atoms with Gasteiger partial charge < -0.3 is 0 Å². The van der Waals surface area contributed by atoms with Crippen LogP contribution in [0.2, 0.25) is 0 Å². The second-order valence-corrected chi connectivity index (χ2v) is 10.5. The van der Waals surface area contributed by atoms with Crippen molar-refractivity contribution >= 4 is 43.1 Å². The zero-order chi connectivity index (χ0) is 26.2. The van der Waals surface area contributed by atoms with Crippen molar-refractivity contribution in [3.8, 4) is 23.7 Å². The minimum atomic E-state index is 0.948. The fourth-order valence-corrected chi connectivity index (χ4v) is 5.45. The molecule has 0 nitrogen and oxygen atoms in total. The molecule has 0 N–H and O–H groups in total. The van der Waals surface area contributed by atoms with Crippen molar-refractivity contribution in [1.82, 2.24) is 0 Å². The van der Waals surface area contributed by atoms with Crippen molar-refractivity contribution in [2.75, 3.05) is 0 Å². The minimum Gasteiger partial charge on any atom is -0.0978 e. The zero-order valence-electron chi connectivity index (χ0n) is 23.0. The lowest BCUT2D eigenvalue weighted by atomic mass is 9.88. The van der Waals surface area contributed by atoms with Gasteiger partial charge in [0.05, 0.1) is 0 Å². The van der Waals surface area contributed by atoms with Crippen LogP contribution in [0.15, 0.2) is 72.8 Å². The summed E-state index contributed by atoms with van der Waals surface area (Å²) < 4.78 is 0. The van der Waals surface area contributed by atoms with Gasteiger partial charge in [0.2, 0.25) is 0 Å². The normalized spacial score (nSPS) is 11.0. The molecular weight excluding hydrogens is 456 g/mol. The molecule has 0 unspecified atom stereocenters. The molecule has 0 heterocycles. The van der Waals surface area contributed by atoms with Crippen molar-refractivity contribution in [1.29, 1.82) is 0 Å². The third-order valence-corrected chi connectivity index (χ3v) is 7.59. The van der Waals surface area contributed by atoms with Crippen LogP contribution in [-0.2, 0) is 0 Å². The first-order chi connectivity index (χ1) is 18.8. The average Bonchev–Trinajstić information content (AvgIpc) is 2.95. The molecule has 0 heteroatoms. The van der Waals surface area contributed by atoms with Gasteiger partial charge in [-0.25, -0.2) is 0 Å². The second-order valence-electron chi connectivity index (χ2n) is 10.5. The van der Waals surface area contributed by atoms with E-state index in [4.69, 9.17) is 0 Å². The van der Waals surface area contributed by atoms with Crippen LogP contribution >= 0.6 is 0 Å². The fraction of sp³-hybridized carbons (Fsp3) is 0.316. The predicted molar refractivity (Wildman–Crippen MR) is 168 cm³/mol. The maximum atomic E-state index is 3.66. The molecule has 0 bridgehead atoms. The number of unbranched alkanes of at least 4 members (excludes halogenated alkanes) is 8. The lowest BCUT2D eigenvalue weighted by Gasteiger charge is -2.14. The SMILES string of the molecule is CCCCCCC#Cc1c2cc3ccccc3cc2c(C#CCCCCCC)c2cc3ccccc3cc12. The van der Waals surface area contributed by atoms with E-state index in [1.54, 1.807) is 0 Å². The topological polar surface area (TPSA) is 0 Å². The van der Waals surface area contributed by atoms with Gasteiger partial charge in [0, 0.05) is 24.0 Å². The molecule has 0 aromatic heterocycles. The van der Waals surface area contributed by atoms with Gasteiger partial charge in [0.15, 0.2) is 0 Å². The van der Waals surface area contributed by atoms with Gasteiger partial charge in [-0.1, -0.05) is 125 Å². The lowest BCUT2D eigenvalue weighted by Crippen LogP contribution is -1.92. The number of hydrogen-bond acceptors (Lipinski definition) is 0. The third-order valence-electron chi connectivity index (χ3n) is 7.59. The molecular formula is C38H38. The highest BCUT2D eigenvalue weighted by Crippen LogP contribution is 2.37. The van der Waals surface area contributed by atoms with Gasteiger partial charge in [-0.05, 0) is 80.2 Å². The third kappa shape index (κ3) is 5.72. The van der Waals surface area contributed by atoms with Crippen LogP contribution in [0.5, 0.6) is 0 Å². The van der Waals surface area contributed by atoms with Crippen LogP contribution in [0.25, 0.3) is 43.1 Å². The van der Waals surface area contributed by atoms with Gasteiger partial charge >= 0.3 is 0 Å². The monoisotopic (exact) mass is 494 g/mol. The molecule has 0 amide bonds. The summed E-state index contributed by atoms with van der Waals surface area (Å²) in [5, 5.41) is 9.92. The molecule has 0 saturated carbocycles. The molecule has 190 valence electrons. The Kier molecular flexibility index (Phi) is 8.64. The molecule has 5 rings (SSSR count). The summed E-state index contributed by atoms with van der Waals surface area (Å²) in [5.41, 5.74) is 2.30. The number of fused-ring (bicyclic) bond motifs is 4. The number of hydrogen-bond donors (Lipinski definition) is 0. The van der Waals surface area contributed by atoms with E-state index >= 15 is 0 Å². The van der Waals surface area contributed by atoms with Crippen molar-refractivity contribution in [2.24, 2.45) is 0 Å². The van der Waals surface area contributed by atoms with Crippen molar-refractivity contribution in [2.45, 2.75) is 78.1 Å². The Morgan fingerprint density at radius 3 is 1.11 bits per heavy atom. The van der Waals surface area contributed by atoms with Crippen LogP contribution in [0, 0.1) is 23.7 Å². The Morgan fingerprint density at radius 1 is 0.447 bits per heavy atom. The van der Waals surface area contributed by atoms with E-state index in [9.17, 15) is 0 Å². The smallest absolute Gasteiger partial charge is 0.0403 e. The standard InChI is InChI=1S/C38H38/c1-3-5-7-9-11-13-23-33-35-25-29-19-15-17-21-31(29)27-37(35)34(24-14-12-10-8-6-4-2)38-28-32-22-18-16-20-30(32)26-36(33)38/h15-22,25-28H,3-12H2,1-2H3. The molecule has 0 atom stereocenters. The first-order valence-electron chi connectivity index (χ1n) is 14.6. The molecule has 0 aliphatic heterocycles. The Bertz CT molecular complexity index is 1470. The Morgan fingerprint density at radius 2 is 0.789 bits per heavy atom. The van der Waals surface area contributed by atoms with E-state index in [-0.39, 0.29) is 0 Å². The van der Waals surface area contributed by atoms with Crippen LogP contribution < -0.4 is 0 Å². The van der Waals surface area contributed by atoms with Gasteiger partial charge in [-0.3, -0.25) is 0 Å². The molecule has 5 aromatic carbocycles. The Balaban J connectivity index is 1.75. The molecule has 0 saturated heterocycles. The summed E-state index contributed by atoms with van der Waals surface area (Å²) in [6.45, 7) is 4.52. The molecule has 0 spiro atoms. The Labute approximate surface area is 228 Å². The van der Waals surface area contributed by atoms with Gasteiger partial charge in [-0.15, -0.1) is 0 Å². The predicted octanol–water partition coefficient (Wildman–Crippen LogP) is 10.9. The molecule has 0 aliphatic rings. The molecule has 38 heavy (non-hydrogen) atoms. The maximum absolute atomic E-state index is 3.66. The summed E-state index contributed by atoms with van der Waals surface area (Å²) in [4.78, 5) is 0. The lowest BCUT2D eigenvalue weighted by molar-refractivity contribution is 0.679. The highest BCUT2D eigenvalue weighted by molar-refractivity contribution is 6.16. The van der Waals surface area contributed by atoms with E-state index in [0.29, 0.717) is 0 Å². The van der Waals surface area contributed by atoms with Gasteiger partial charge in [-0.2, -0.15) is 0 Å². The van der Waals surface area contributed by atoms with Crippen molar-refractivity contribution in [3.63, 3.8) is 0 Å². The molecule has 5 aromatic rings. The summed E-state index contributed by atoms with van der Waals surface area (Å²) in [7, 11) is 0. The fourth-order valence-electron chi connectivity index (χ4n) is 5.45. The number of benzene rings is 5. The van der Waals surface area contributed by atoms with Crippen LogP contribution in [0.3, 0.4) is 0 Å². The average molecular weight is 495 g/mol.